The van der Waals surface area contributed by atoms with E-state index in [1.807, 2.05) is 24.7 Å². The van der Waals surface area contributed by atoms with Gasteiger partial charge in [-0.3, -0.25) is 0 Å². The van der Waals surface area contributed by atoms with Gasteiger partial charge in [0.1, 0.15) is 11.7 Å². The fourth-order valence-corrected chi connectivity index (χ4v) is 4.08. The third kappa shape index (κ3) is 3.92. The molecule has 0 spiro atoms. The lowest BCUT2D eigenvalue weighted by molar-refractivity contribution is 0.568. The maximum absolute atomic E-state index is 13.5. The zero-order chi connectivity index (χ0) is 22.4. The third-order valence-electron chi connectivity index (χ3n) is 5.72. The van der Waals surface area contributed by atoms with Gasteiger partial charge in [0.15, 0.2) is 11.6 Å². The lowest BCUT2D eigenvalue weighted by Gasteiger charge is -2.05. The van der Waals surface area contributed by atoms with Crippen molar-refractivity contribution in [3.8, 4) is 11.3 Å². The van der Waals surface area contributed by atoms with Gasteiger partial charge >= 0.3 is 0 Å². The Hall–Kier alpha value is -3.07. The first kappa shape index (κ1) is 20.8. The van der Waals surface area contributed by atoms with Gasteiger partial charge in [-0.05, 0) is 72.8 Å². The molecule has 0 amide bonds. The van der Waals surface area contributed by atoms with E-state index in [0.29, 0.717) is 24.0 Å². The minimum Gasteiger partial charge on any atom is -0.384 e. The summed E-state index contributed by atoms with van der Waals surface area (Å²) in [7, 11) is 0. The molecule has 164 valence electrons. The van der Waals surface area contributed by atoms with Gasteiger partial charge < -0.3 is 5.73 Å². The fraction of sp³-hybridized carbons (Fsp3) is 0.304. The number of hydrogen-bond donors (Lipinski definition) is 1. The van der Waals surface area contributed by atoms with Crippen molar-refractivity contribution in [1.82, 2.24) is 19.6 Å². The van der Waals surface area contributed by atoms with Crippen molar-refractivity contribution in [2.75, 3.05) is 0 Å². The smallest absolute Gasteiger partial charge is 0.157 e. The van der Waals surface area contributed by atoms with E-state index in [2.05, 4.69) is 26.0 Å². The molecular weight excluding hydrogens is 473 g/mol. The van der Waals surface area contributed by atoms with E-state index >= 15 is 0 Å². The molecule has 1 saturated carbocycles. The van der Waals surface area contributed by atoms with Gasteiger partial charge in [0.05, 0.1) is 21.6 Å². The molecule has 2 N–H and O–H groups in total. The number of aryl methyl sites for hydroxylation is 1. The lowest BCUT2D eigenvalue weighted by atomic mass is 10.1. The number of hydrogen-bond acceptors (Lipinski definition) is 5. The highest BCUT2D eigenvalue weighted by molar-refractivity contribution is 9.10. The van der Waals surface area contributed by atoms with Gasteiger partial charge in [0, 0.05) is 36.4 Å². The van der Waals surface area contributed by atoms with Gasteiger partial charge in [0.25, 0.3) is 0 Å². The Morgan fingerprint density at radius 1 is 1.16 bits per heavy atom. The molecule has 5 rings (SSSR count). The number of rotatable bonds is 4. The zero-order valence-electron chi connectivity index (χ0n) is 17.9. The van der Waals surface area contributed by atoms with E-state index < -0.39 is 0 Å². The summed E-state index contributed by atoms with van der Waals surface area (Å²) in [6.07, 6.45) is 6.46. The van der Waals surface area contributed by atoms with Crippen LogP contribution in [0.1, 0.15) is 29.8 Å². The Morgan fingerprint density at radius 2 is 1.91 bits per heavy atom. The van der Waals surface area contributed by atoms with E-state index in [1.165, 1.54) is 25.0 Å². The van der Waals surface area contributed by atoms with Gasteiger partial charge in [0.2, 0.25) is 0 Å². The summed E-state index contributed by atoms with van der Waals surface area (Å²) in [5, 5.41) is 9.42. The number of amidine groups is 1. The molecule has 1 aliphatic carbocycles. The van der Waals surface area contributed by atoms with Crippen LogP contribution in [-0.2, 0) is 13.0 Å². The number of nitrogens with two attached hydrogens (primary N) is 1. The van der Waals surface area contributed by atoms with Crippen LogP contribution >= 0.6 is 15.9 Å². The molecule has 0 saturated heterocycles. The molecule has 0 radical (unpaired) electrons. The largest absolute Gasteiger partial charge is 0.384 e. The summed E-state index contributed by atoms with van der Waals surface area (Å²) in [5.74, 6) is 1.97. The second-order valence-corrected chi connectivity index (χ2v) is 9.03. The van der Waals surface area contributed by atoms with Crippen LogP contribution in [0.3, 0.4) is 0 Å². The quantitative estimate of drug-likeness (QED) is 0.564. The third-order valence-corrected chi connectivity index (χ3v) is 6.87. The van der Waals surface area contributed by atoms with Crippen LogP contribution in [0, 0.1) is 25.6 Å². The van der Waals surface area contributed by atoms with Crippen molar-refractivity contribution in [1.29, 1.82) is 0 Å². The molecule has 1 fully saturated rings. The zero-order valence-corrected chi connectivity index (χ0v) is 19.5. The normalized spacial score (nSPS) is 16.1. The first-order chi connectivity index (χ1) is 15.4. The molecule has 0 atom stereocenters. The van der Waals surface area contributed by atoms with Crippen LogP contribution in [0.25, 0.3) is 17.1 Å². The van der Waals surface area contributed by atoms with E-state index in [-0.39, 0.29) is 5.82 Å². The van der Waals surface area contributed by atoms with E-state index in [4.69, 9.17) is 15.8 Å². The summed E-state index contributed by atoms with van der Waals surface area (Å²) in [6, 6.07) is 6.38. The molecule has 0 bridgehead atoms. The highest BCUT2D eigenvalue weighted by atomic mass is 79.9. The summed E-state index contributed by atoms with van der Waals surface area (Å²) < 4.78 is 18.1. The molecule has 1 aliphatic heterocycles. The molecule has 2 aliphatic rings. The standard InChI is InChI=1S/C23H23BrFN7/c1-13-21(24)14(2)32(29-13)20-11-19(26)28-23-18(9-10-27-20)22(16-5-7-17(25)8-6-16)30-31(23)12-15-3-4-15/h5-8,10-11,15H,3-4,9,12H2,1-2H3,(H2,26,28). The van der Waals surface area contributed by atoms with Crippen molar-refractivity contribution in [2.45, 2.75) is 39.7 Å². The topological polar surface area (TPSA) is 86.4 Å². The van der Waals surface area contributed by atoms with Crippen LogP contribution in [0.15, 0.2) is 44.8 Å². The number of benzene rings is 1. The molecular formula is C23H23BrFN7. The first-order valence-electron chi connectivity index (χ1n) is 10.6. The molecule has 0 unspecified atom stereocenters. The molecule has 2 aromatic heterocycles. The maximum atomic E-state index is 13.5. The monoisotopic (exact) mass is 495 g/mol. The van der Waals surface area contributed by atoms with E-state index in [1.54, 1.807) is 22.9 Å². The molecule has 9 heteroatoms. The SMILES string of the molecule is Cc1nn(C2=CC(N)=Nc3c(c(-c4ccc(F)cc4)nn3CC3CC3)CC=N2)c(C)c1Br. The van der Waals surface area contributed by atoms with Crippen LogP contribution < -0.4 is 5.73 Å². The Balaban J connectivity index is 1.62. The second kappa shape index (κ2) is 8.12. The van der Waals surface area contributed by atoms with Crippen molar-refractivity contribution in [3.05, 3.63) is 57.6 Å². The van der Waals surface area contributed by atoms with Gasteiger partial charge in [-0.25, -0.2) is 23.7 Å². The minimum atomic E-state index is -0.278. The van der Waals surface area contributed by atoms with E-state index in [0.717, 1.165) is 45.0 Å². The fourth-order valence-electron chi connectivity index (χ4n) is 3.83. The van der Waals surface area contributed by atoms with Gasteiger partial charge in [-0.2, -0.15) is 10.2 Å². The van der Waals surface area contributed by atoms with Crippen LogP contribution in [0.4, 0.5) is 10.2 Å². The average molecular weight is 496 g/mol. The Kier molecular flexibility index (Phi) is 5.28. The van der Waals surface area contributed by atoms with Crippen molar-refractivity contribution in [2.24, 2.45) is 21.6 Å². The summed E-state index contributed by atoms with van der Waals surface area (Å²) >= 11 is 3.57. The number of nitrogens with zero attached hydrogens (tertiary/aromatic N) is 6. The van der Waals surface area contributed by atoms with Crippen LogP contribution in [0.2, 0.25) is 0 Å². The van der Waals surface area contributed by atoms with Gasteiger partial charge in [-0.15, -0.1) is 0 Å². The van der Waals surface area contributed by atoms with Crippen LogP contribution in [-0.4, -0.2) is 31.6 Å². The second-order valence-electron chi connectivity index (χ2n) is 8.23. The average Bonchev–Trinajstić information content (AvgIpc) is 3.46. The molecule has 3 heterocycles. The Morgan fingerprint density at radius 3 is 2.56 bits per heavy atom. The predicted molar refractivity (Wildman–Crippen MR) is 127 cm³/mol. The van der Waals surface area contributed by atoms with Gasteiger partial charge in [-0.1, -0.05) is 0 Å². The highest BCUT2D eigenvalue weighted by Gasteiger charge is 2.26. The first-order valence-corrected chi connectivity index (χ1v) is 11.4. The Labute approximate surface area is 193 Å². The van der Waals surface area contributed by atoms with Crippen molar-refractivity contribution < 1.29 is 4.39 Å². The number of fused-ring (bicyclic) bond motifs is 1. The maximum Gasteiger partial charge on any atom is 0.157 e. The lowest BCUT2D eigenvalue weighted by Crippen LogP contribution is -2.12. The molecule has 1 aromatic carbocycles. The van der Waals surface area contributed by atoms with Crippen molar-refractivity contribution in [3.63, 3.8) is 0 Å². The Bertz CT molecular complexity index is 1280. The molecule has 3 aromatic rings. The predicted octanol–water partition coefficient (Wildman–Crippen LogP) is 4.79. The highest BCUT2D eigenvalue weighted by Crippen LogP contribution is 2.36. The number of halogens is 2. The number of aliphatic imine (C=N–C) groups is 2. The minimum absolute atomic E-state index is 0.278. The summed E-state index contributed by atoms with van der Waals surface area (Å²) in [5.41, 5.74) is 10.7. The summed E-state index contributed by atoms with van der Waals surface area (Å²) in [6.45, 7) is 4.69. The van der Waals surface area contributed by atoms with Crippen LogP contribution in [0.5, 0.6) is 0 Å². The van der Waals surface area contributed by atoms with E-state index in [9.17, 15) is 4.39 Å². The molecule has 32 heavy (non-hydrogen) atoms. The number of aromatic nitrogens is 4. The van der Waals surface area contributed by atoms with Crippen molar-refractivity contribution >= 4 is 39.6 Å². The molecule has 7 nitrogen and oxygen atoms in total. The summed E-state index contributed by atoms with van der Waals surface area (Å²) in [4.78, 5) is 9.42.